The molecule has 0 saturated heterocycles. The number of H-pyrrole nitrogens is 1. The average Bonchev–Trinajstić information content (AvgIpc) is 3.51. The van der Waals surface area contributed by atoms with Gasteiger partial charge in [0.25, 0.3) is 0 Å². The maximum absolute atomic E-state index is 11.6. The van der Waals surface area contributed by atoms with Crippen LogP contribution in [0.2, 0.25) is 0 Å². The van der Waals surface area contributed by atoms with Crippen LogP contribution in [-0.4, -0.2) is 51.8 Å². The third kappa shape index (κ3) is 5.48. The Hall–Kier alpha value is -3.05. The molecule has 1 aliphatic carbocycles. The van der Waals surface area contributed by atoms with Crippen LogP contribution in [0.15, 0.2) is 54.5 Å². The Morgan fingerprint density at radius 3 is 3.00 bits per heavy atom. The molecule has 33 heavy (non-hydrogen) atoms. The number of alkyl halides is 1. The zero-order chi connectivity index (χ0) is 23.2. The number of nitrogens with zero attached hydrogens (tertiary/aromatic N) is 3. The van der Waals surface area contributed by atoms with Gasteiger partial charge in [-0.2, -0.15) is 5.10 Å². The number of rotatable bonds is 8. The maximum atomic E-state index is 11.6. The van der Waals surface area contributed by atoms with Crippen molar-refractivity contribution in [1.82, 2.24) is 25.5 Å². The van der Waals surface area contributed by atoms with Gasteiger partial charge in [0.2, 0.25) is 0 Å². The highest BCUT2D eigenvalue weighted by Crippen LogP contribution is 2.42. The summed E-state index contributed by atoms with van der Waals surface area (Å²) in [6.45, 7) is 1.15. The third-order valence-electron chi connectivity index (χ3n) is 5.06. The number of hydrogen-bond acceptors (Lipinski definition) is 8. The molecule has 5 N–H and O–H groups in total. The van der Waals surface area contributed by atoms with Crippen molar-refractivity contribution < 1.29 is 9.53 Å². The smallest absolute Gasteiger partial charge is 0.412 e. The molecule has 3 aromatic rings. The largest absolute Gasteiger partial charge is 0.453 e. The van der Waals surface area contributed by atoms with Gasteiger partial charge >= 0.3 is 6.09 Å². The van der Waals surface area contributed by atoms with E-state index >= 15 is 0 Å². The van der Waals surface area contributed by atoms with Gasteiger partial charge in [0, 0.05) is 24.2 Å². The third-order valence-corrected chi connectivity index (χ3v) is 6.59. The maximum Gasteiger partial charge on any atom is 0.412 e. The molecule has 4 rings (SSSR count). The van der Waals surface area contributed by atoms with Gasteiger partial charge < -0.3 is 15.8 Å². The Morgan fingerprint density at radius 2 is 2.30 bits per heavy atom. The monoisotopic (exact) mass is 485 g/mol. The molecule has 1 amide bonds. The minimum atomic E-state index is -0.575. The summed E-state index contributed by atoms with van der Waals surface area (Å²) in [6.07, 6.45) is 9.53. The number of halogens is 1. The summed E-state index contributed by atoms with van der Waals surface area (Å²) in [6, 6.07) is 5.71. The second-order valence-electron chi connectivity index (χ2n) is 7.27. The van der Waals surface area contributed by atoms with E-state index in [0.717, 1.165) is 32.9 Å². The summed E-state index contributed by atoms with van der Waals surface area (Å²) in [5, 5.41) is 13.2. The first-order valence-corrected chi connectivity index (χ1v) is 11.6. The predicted octanol–water partition coefficient (Wildman–Crippen LogP) is 3.86. The molecule has 11 heteroatoms. The summed E-state index contributed by atoms with van der Waals surface area (Å²) >= 11 is 7.83. The zero-order valence-electron chi connectivity index (χ0n) is 17.9. The molecule has 0 aliphatic heterocycles. The van der Waals surface area contributed by atoms with Crippen LogP contribution in [0, 0.1) is 0 Å². The number of nitrogens with one attached hydrogen (secondary N) is 3. The van der Waals surface area contributed by atoms with E-state index < -0.39 is 6.09 Å². The summed E-state index contributed by atoms with van der Waals surface area (Å²) in [5.41, 5.74) is 8.87. The van der Waals surface area contributed by atoms with Gasteiger partial charge in [0.1, 0.15) is 12.1 Å². The molecule has 0 spiro atoms. The molecule has 9 nitrogen and oxygen atoms in total. The van der Waals surface area contributed by atoms with Crippen molar-refractivity contribution in [1.29, 1.82) is 0 Å². The van der Waals surface area contributed by atoms with Gasteiger partial charge in [0.05, 0.1) is 23.4 Å². The summed E-state index contributed by atoms with van der Waals surface area (Å²) in [5.74, 6) is 1.08. The highest BCUT2D eigenvalue weighted by molar-refractivity contribution is 7.19. The molecule has 3 aromatic heterocycles. The lowest BCUT2D eigenvalue weighted by Gasteiger charge is -2.23. The Labute approximate surface area is 200 Å². The standard InChI is InChI=1S/C22H24ClN7O2S/c1-32-22(31)29-18-10-14(6-8-25-18)17-11-16(20(33-17)21-27-12-28-30-21)19(26-9-7-24)13-2-4-15(23)5-3-13/h2-4,6,8,10-12,15,19,26H,5,7,9,24H2,1H3,(H,25,29,31)(H,27,28,30). The number of ether oxygens (including phenoxy) is 1. The molecule has 0 saturated carbocycles. The average molecular weight is 486 g/mol. The van der Waals surface area contributed by atoms with Crippen molar-refractivity contribution in [3.05, 3.63) is 60.1 Å². The Balaban J connectivity index is 1.77. The first-order valence-electron chi connectivity index (χ1n) is 10.4. The van der Waals surface area contributed by atoms with E-state index in [1.165, 1.54) is 13.4 Å². The number of carbonyl (C=O) groups excluding carboxylic acids is 1. The SMILES string of the molecule is COC(=O)Nc1cc(-c2cc(C(NCCN)C3=CCC(Cl)C=C3)c(-c3ncn[nH]3)s2)ccn1. The topological polar surface area (TPSA) is 131 Å². The number of nitrogens with two attached hydrogens (primary N) is 1. The number of anilines is 1. The minimum Gasteiger partial charge on any atom is -0.453 e. The van der Waals surface area contributed by atoms with Crippen LogP contribution in [0.1, 0.15) is 18.0 Å². The van der Waals surface area contributed by atoms with E-state index in [2.05, 4.69) is 53.8 Å². The van der Waals surface area contributed by atoms with Crippen molar-refractivity contribution in [3.8, 4) is 21.1 Å². The molecular formula is C22H24ClN7O2S. The molecule has 1 aliphatic rings. The second-order valence-corrected chi connectivity index (χ2v) is 8.88. The van der Waals surface area contributed by atoms with Crippen LogP contribution in [-0.2, 0) is 4.74 Å². The van der Waals surface area contributed by atoms with Crippen LogP contribution in [0.5, 0.6) is 0 Å². The Bertz CT molecular complexity index is 1160. The quantitative estimate of drug-likeness (QED) is 0.356. The summed E-state index contributed by atoms with van der Waals surface area (Å²) < 4.78 is 4.67. The summed E-state index contributed by atoms with van der Waals surface area (Å²) in [7, 11) is 1.31. The first-order chi connectivity index (χ1) is 16.1. The van der Waals surface area contributed by atoms with Crippen molar-refractivity contribution in [3.63, 3.8) is 0 Å². The fourth-order valence-electron chi connectivity index (χ4n) is 3.53. The van der Waals surface area contributed by atoms with Gasteiger partial charge in [0.15, 0.2) is 5.82 Å². The number of methoxy groups -OCH3 is 1. The lowest BCUT2D eigenvalue weighted by atomic mass is 9.93. The van der Waals surface area contributed by atoms with Crippen LogP contribution >= 0.6 is 22.9 Å². The lowest BCUT2D eigenvalue weighted by molar-refractivity contribution is 0.187. The van der Waals surface area contributed by atoms with E-state index in [1.54, 1.807) is 23.6 Å². The summed E-state index contributed by atoms with van der Waals surface area (Å²) in [4.78, 5) is 22.1. The van der Waals surface area contributed by atoms with Crippen LogP contribution in [0.25, 0.3) is 21.1 Å². The van der Waals surface area contributed by atoms with Gasteiger partial charge in [-0.1, -0.05) is 18.2 Å². The van der Waals surface area contributed by atoms with Gasteiger partial charge in [-0.3, -0.25) is 10.4 Å². The molecule has 0 radical (unpaired) electrons. The normalized spacial score (nSPS) is 16.3. The van der Waals surface area contributed by atoms with Crippen LogP contribution in [0.4, 0.5) is 10.6 Å². The predicted molar refractivity (Wildman–Crippen MR) is 130 cm³/mol. The van der Waals surface area contributed by atoms with Crippen LogP contribution in [0.3, 0.4) is 0 Å². The van der Waals surface area contributed by atoms with Gasteiger partial charge in [-0.25, -0.2) is 14.8 Å². The zero-order valence-corrected chi connectivity index (χ0v) is 19.5. The van der Waals surface area contributed by atoms with Crippen molar-refractivity contribution >= 4 is 34.8 Å². The second kappa shape index (κ2) is 10.7. The Morgan fingerprint density at radius 1 is 1.42 bits per heavy atom. The van der Waals surface area contributed by atoms with Crippen LogP contribution < -0.4 is 16.4 Å². The first kappa shape index (κ1) is 23.1. The number of carbonyl (C=O) groups is 1. The molecule has 0 aromatic carbocycles. The number of aromatic amines is 1. The highest BCUT2D eigenvalue weighted by Gasteiger charge is 2.25. The van der Waals surface area contributed by atoms with E-state index in [9.17, 15) is 4.79 Å². The van der Waals surface area contributed by atoms with E-state index in [1.807, 2.05) is 12.1 Å². The molecule has 172 valence electrons. The van der Waals surface area contributed by atoms with E-state index in [-0.39, 0.29) is 11.4 Å². The Kier molecular flexibility index (Phi) is 7.50. The number of thiophene rings is 1. The number of pyridine rings is 1. The highest BCUT2D eigenvalue weighted by atomic mass is 35.5. The van der Waals surface area contributed by atoms with E-state index in [0.29, 0.717) is 24.7 Å². The van der Waals surface area contributed by atoms with Crippen molar-refractivity contribution in [2.45, 2.75) is 17.8 Å². The van der Waals surface area contributed by atoms with Gasteiger partial charge in [-0.15, -0.1) is 22.9 Å². The fourth-order valence-corrected chi connectivity index (χ4v) is 4.83. The molecule has 2 atom stereocenters. The number of allylic oxidation sites excluding steroid dienone is 2. The lowest BCUT2D eigenvalue weighted by Crippen LogP contribution is -2.28. The minimum absolute atomic E-state index is 0.00626. The molecule has 0 fully saturated rings. The molecule has 3 heterocycles. The van der Waals surface area contributed by atoms with Crippen molar-refractivity contribution in [2.75, 3.05) is 25.5 Å². The van der Waals surface area contributed by atoms with E-state index in [4.69, 9.17) is 17.3 Å². The number of hydrogen-bond donors (Lipinski definition) is 4. The fraction of sp³-hybridized carbons (Fsp3) is 0.273. The van der Waals surface area contributed by atoms with Crippen molar-refractivity contribution in [2.24, 2.45) is 5.73 Å². The number of aromatic nitrogens is 4. The number of amides is 1. The van der Waals surface area contributed by atoms with Gasteiger partial charge in [-0.05, 0) is 41.3 Å². The molecular weight excluding hydrogens is 462 g/mol. The molecule has 2 unspecified atom stereocenters. The molecule has 0 bridgehead atoms.